The number of rotatable bonds is 3. The normalized spacial score (nSPS) is 18.1. The van der Waals surface area contributed by atoms with E-state index in [0.29, 0.717) is 18.7 Å². The Morgan fingerprint density at radius 3 is 2.79 bits per heavy atom. The summed E-state index contributed by atoms with van der Waals surface area (Å²) in [5.41, 5.74) is 0.461. The van der Waals surface area contributed by atoms with Gasteiger partial charge in [-0.15, -0.1) is 0 Å². The van der Waals surface area contributed by atoms with Gasteiger partial charge >= 0.3 is 0 Å². The molecule has 0 radical (unpaired) electrons. The molecule has 1 aromatic rings. The number of carbonyl (C=O) groups is 2. The SMILES string of the molecule is CC(=O)Nc1cc(NC(=O)[C@@H]2CCCO2)ccc1F. The molecule has 0 aliphatic carbocycles. The number of anilines is 2. The van der Waals surface area contributed by atoms with E-state index in [1.54, 1.807) is 0 Å². The zero-order chi connectivity index (χ0) is 13.8. The molecule has 0 aromatic heterocycles. The molecule has 0 saturated carbocycles. The zero-order valence-electron chi connectivity index (χ0n) is 10.5. The van der Waals surface area contributed by atoms with E-state index >= 15 is 0 Å². The van der Waals surface area contributed by atoms with Crippen molar-refractivity contribution in [2.24, 2.45) is 0 Å². The second kappa shape index (κ2) is 5.79. The predicted octanol–water partition coefficient (Wildman–Crippen LogP) is 1.90. The third kappa shape index (κ3) is 3.51. The van der Waals surface area contributed by atoms with Crippen LogP contribution in [0.5, 0.6) is 0 Å². The first-order valence-electron chi connectivity index (χ1n) is 6.06. The fourth-order valence-electron chi connectivity index (χ4n) is 1.90. The van der Waals surface area contributed by atoms with Crippen molar-refractivity contribution in [1.29, 1.82) is 0 Å². The Labute approximate surface area is 110 Å². The van der Waals surface area contributed by atoms with Gasteiger partial charge in [0.1, 0.15) is 11.9 Å². The molecule has 1 aliphatic heterocycles. The standard InChI is InChI=1S/C13H15FN2O3/c1-8(17)15-11-7-9(4-5-10(11)14)16-13(18)12-3-2-6-19-12/h4-5,7,12H,2-3,6H2,1H3,(H,15,17)(H,16,18)/t12-/m0/s1. The molecule has 102 valence electrons. The van der Waals surface area contributed by atoms with Crippen LogP contribution in [0.2, 0.25) is 0 Å². The van der Waals surface area contributed by atoms with Crippen molar-refractivity contribution in [3.63, 3.8) is 0 Å². The highest BCUT2D eigenvalue weighted by Gasteiger charge is 2.23. The molecule has 0 spiro atoms. The lowest BCUT2D eigenvalue weighted by Crippen LogP contribution is -2.26. The molecule has 2 amide bonds. The van der Waals surface area contributed by atoms with Gasteiger partial charge in [0.2, 0.25) is 5.91 Å². The monoisotopic (exact) mass is 266 g/mol. The molecular formula is C13H15FN2O3. The summed E-state index contributed by atoms with van der Waals surface area (Å²) in [7, 11) is 0. The summed E-state index contributed by atoms with van der Waals surface area (Å²) in [4.78, 5) is 22.7. The number of hydrogen-bond acceptors (Lipinski definition) is 3. The van der Waals surface area contributed by atoms with Gasteiger partial charge in [-0.25, -0.2) is 4.39 Å². The number of nitrogens with one attached hydrogen (secondary N) is 2. The molecule has 1 heterocycles. The van der Waals surface area contributed by atoms with E-state index < -0.39 is 11.9 Å². The first-order valence-corrected chi connectivity index (χ1v) is 6.06. The van der Waals surface area contributed by atoms with Crippen molar-refractivity contribution in [2.45, 2.75) is 25.9 Å². The Balaban J connectivity index is 2.07. The first kappa shape index (κ1) is 13.5. The van der Waals surface area contributed by atoms with Crippen LogP contribution in [0.4, 0.5) is 15.8 Å². The van der Waals surface area contributed by atoms with Crippen LogP contribution < -0.4 is 10.6 Å². The third-order valence-electron chi connectivity index (χ3n) is 2.77. The first-order chi connectivity index (χ1) is 9.06. The summed E-state index contributed by atoms with van der Waals surface area (Å²) in [5.74, 6) is -1.18. The molecule has 2 N–H and O–H groups in total. The quantitative estimate of drug-likeness (QED) is 0.878. The molecule has 1 fully saturated rings. The molecule has 0 bridgehead atoms. The highest BCUT2D eigenvalue weighted by atomic mass is 19.1. The van der Waals surface area contributed by atoms with Crippen LogP contribution >= 0.6 is 0 Å². The summed E-state index contributed by atoms with van der Waals surface area (Å²) in [6, 6.07) is 4.01. The Bertz CT molecular complexity index is 499. The summed E-state index contributed by atoms with van der Waals surface area (Å²) in [5, 5.41) is 5.00. The van der Waals surface area contributed by atoms with Crippen LogP contribution in [0.15, 0.2) is 18.2 Å². The summed E-state index contributed by atoms with van der Waals surface area (Å²) < 4.78 is 18.7. The van der Waals surface area contributed by atoms with Gasteiger partial charge in [-0.05, 0) is 31.0 Å². The topological polar surface area (TPSA) is 67.4 Å². The number of benzene rings is 1. The van der Waals surface area contributed by atoms with Crippen LogP contribution in [-0.4, -0.2) is 24.5 Å². The van der Waals surface area contributed by atoms with E-state index in [-0.39, 0.29) is 17.5 Å². The van der Waals surface area contributed by atoms with Crippen LogP contribution in [0.3, 0.4) is 0 Å². The third-order valence-corrected chi connectivity index (χ3v) is 2.77. The smallest absolute Gasteiger partial charge is 0.253 e. The minimum absolute atomic E-state index is 0.0395. The number of hydrogen-bond donors (Lipinski definition) is 2. The van der Waals surface area contributed by atoms with E-state index in [1.807, 2.05) is 0 Å². The van der Waals surface area contributed by atoms with Crippen molar-refractivity contribution >= 4 is 23.2 Å². The molecule has 2 rings (SSSR count). The van der Waals surface area contributed by atoms with Crippen molar-refractivity contribution in [2.75, 3.05) is 17.2 Å². The van der Waals surface area contributed by atoms with Gasteiger partial charge in [-0.3, -0.25) is 9.59 Å². The molecule has 1 aliphatic rings. The van der Waals surface area contributed by atoms with E-state index in [1.165, 1.54) is 25.1 Å². The minimum Gasteiger partial charge on any atom is -0.368 e. The van der Waals surface area contributed by atoms with E-state index in [9.17, 15) is 14.0 Å². The fourth-order valence-corrected chi connectivity index (χ4v) is 1.90. The highest BCUT2D eigenvalue weighted by molar-refractivity contribution is 5.95. The lowest BCUT2D eigenvalue weighted by molar-refractivity contribution is -0.124. The zero-order valence-corrected chi connectivity index (χ0v) is 10.5. The second-order valence-corrected chi connectivity index (χ2v) is 4.37. The van der Waals surface area contributed by atoms with Crippen molar-refractivity contribution < 1.29 is 18.7 Å². The number of carbonyl (C=O) groups excluding carboxylic acids is 2. The van der Waals surface area contributed by atoms with Gasteiger partial charge in [0.05, 0.1) is 5.69 Å². The van der Waals surface area contributed by atoms with E-state index in [4.69, 9.17) is 4.74 Å². The van der Waals surface area contributed by atoms with E-state index in [2.05, 4.69) is 10.6 Å². The maximum absolute atomic E-state index is 13.4. The molecule has 1 saturated heterocycles. The largest absolute Gasteiger partial charge is 0.368 e. The van der Waals surface area contributed by atoms with Gasteiger partial charge in [-0.2, -0.15) is 0 Å². The summed E-state index contributed by atoms with van der Waals surface area (Å²) in [6.07, 6.45) is 1.10. The Hall–Kier alpha value is -1.95. The second-order valence-electron chi connectivity index (χ2n) is 4.37. The van der Waals surface area contributed by atoms with Crippen LogP contribution in [0.1, 0.15) is 19.8 Å². The van der Waals surface area contributed by atoms with Gasteiger partial charge in [0.15, 0.2) is 0 Å². The molecule has 19 heavy (non-hydrogen) atoms. The molecule has 1 aromatic carbocycles. The average molecular weight is 266 g/mol. The van der Waals surface area contributed by atoms with Gasteiger partial charge in [-0.1, -0.05) is 0 Å². The molecule has 1 atom stereocenters. The lowest BCUT2D eigenvalue weighted by Gasteiger charge is -2.12. The van der Waals surface area contributed by atoms with Crippen molar-refractivity contribution in [1.82, 2.24) is 0 Å². The Morgan fingerprint density at radius 2 is 2.16 bits per heavy atom. The maximum Gasteiger partial charge on any atom is 0.253 e. The van der Waals surface area contributed by atoms with Crippen molar-refractivity contribution in [3.05, 3.63) is 24.0 Å². The van der Waals surface area contributed by atoms with E-state index in [0.717, 1.165) is 6.42 Å². The van der Waals surface area contributed by atoms with Crippen LogP contribution in [0.25, 0.3) is 0 Å². The predicted molar refractivity (Wildman–Crippen MR) is 68.3 cm³/mol. The van der Waals surface area contributed by atoms with Crippen molar-refractivity contribution in [3.8, 4) is 0 Å². The van der Waals surface area contributed by atoms with Gasteiger partial charge in [0, 0.05) is 19.2 Å². The highest BCUT2D eigenvalue weighted by Crippen LogP contribution is 2.21. The maximum atomic E-state index is 13.4. The average Bonchev–Trinajstić information content (AvgIpc) is 2.86. The summed E-state index contributed by atoms with van der Waals surface area (Å²) >= 11 is 0. The Kier molecular flexibility index (Phi) is 4.11. The Morgan fingerprint density at radius 1 is 1.37 bits per heavy atom. The number of halogens is 1. The number of amides is 2. The van der Waals surface area contributed by atoms with Crippen LogP contribution in [0, 0.1) is 5.82 Å². The molecular weight excluding hydrogens is 251 g/mol. The fraction of sp³-hybridized carbons (Fsp3) is 0.385. The minimum atomic E-state index is -0.551. The molecule has 6 heteroatoms. The number of ether oxygens (including phenoxy) is 1. The molecule has 5 nitrogen and oxygen atoms in total. The van der Waals surface area contributed by atoms with Gasteiger partial charge < -0.3 is 15.4 Å². The summed E-state index contributed by atoms with van der Waals surface area (Å²) in [6.45, 7) is 1.87. The van der Waals surface area contributed by atoms with Crippen LogP contribution in [-0.2, 0) is 14.3 Å². The molecule has 0 unspecified atom stereocenters. The van der Waals surface area contributed by atoms with Gasteiger partial charge in [0.25, 0.3) is 5.91 Å². The lowest BCUT2D eigenvalue weighted by atomic mass is 10.2.